The molecule has 0 spiro atoms. The lowest BCUT2D eigenvalue weighted by Gasteiger charge is -2.34. The lowest BCUT2D eigenvalue weighted by atomic mass is 9.85. The SMILES string of the molecule is CC(C)CNC(=O)NC(=O)CN1C(=O)C(=O)N([C@@H]2CCCC[C@H]2C)C1=O. The highest BCUT2D eigenvalue weighted by Crippen LogP contribution is 2.31. The van der Waals surface area contributed by atoms with Gasteiger partial charge >= 0.3 is 23.9 Å². The minimum Gasteiger partial charge on any atom is -0.338 e. The van der Waals surface area contributed by atoms with Crippen molar-refractivity contribution in [1.29, 1.82) is 0 Å². The van der Waals surface area contributed by atoms with E-state index >= 15 is 0 Å². The third-order valence-corrected chi connectivity index (χ3v) is 4.71. The van der Waals surface area contributed by atoms with Gasteiger partial charge in [0.15, 0.2) is 0 Å². The van der Waals surface area contributed by atoms with Gasteiger partial charge in [-0.2, -0.15) is 0 Å². The van der Waals surface area contributed by atoms with Crippen LogP contribution >= 0.6 is 0 Å². The summed E-state index contributed by atoms with van der Waals surface area (Å²) in [6, 6.07) is -1.81. The molecule has 0 radical (unpaired) electrons. The minimum atomic E-state index is -1.02. The lowest BCUT2D eigenvalue weighted by molar-refractivity contribution is -0.145. The summed E-state index contributed by atoms with van der Waals surface area (Å²) in [5, 5.41) is 4.56. The summed E-state index contributed by atoms with van der Waals surface area (Å²) in [7, 11) is 0. The van der Waals surface area contributed by atoms with Gasteiger partial charge in [-0.05, 0) is 24.7 Å². The Morgan fingerprint density at radius 3 is 2.38 bits per heavy atom. The van der Waals surface area contributed by atoms with Crippen molar-refractivity contribution in [2.24, 2.45) is 11.8 Å². The first-order chi connectivity index (χ1) is 12.2. The normalized spacial score (nSPS) is 23.6. The van der Waals surface area contributed by atoms with Gasteiger partial charge in [-0.3, -0.25) is 24.6 Å². The molecule has 2 rings (SSSR count). The minimum absolute atomic E-state index is 0.111. The van der Waals surface area contributed by atoms with E-state index < -0.39 is 36.3 Å². The van der Waals surface area contributed by atoms with Crippen molar-refractivity contribution < 1.29 is 24.0 Å². The maximum Gasteiger partial charge on any atom is 0.334 e. The van der Waals surface area contributed by atoms with Crippen molar-refractivity contribution >= 4 is 29.8 Å². The van der Waals surface area contributed by atoms with Gasteiger partial charge in [0.2, 0.25) is 5.91 Å². The average Bonchev–Trinajstić information content (AvgIpc) is 2.77. The number of imide groups is 3. The summed E-state index contributed by atoms with van der Waals surface area (Å²) in [6.07, 6.45) is 3.45. The molecule has 9 nitrogen and oxygen atoms in total. The zero-order chi connectivity index (χ0) is 19.4. The van der Waals surface area contributed by atoms with Crippen LogP contribution in [0.5, 0.6) is 0 Å². The standard InChI is InChI=1S/C17H26N4O5/c1-10(2)8-18-16(25)19-13(22)9-20-14(23)15(24)21(17(20)26)12-7-5-4-6-11(12)3/h10-12H,4-9H2,1-3H3,(H2,18,19,22,25)/t11-,12-/m1/s1. The van der Waals surface area contributed by atoms with Crippen LogP contribution < -0.4 is 10.6 Å². The van der Waals surface area contributed by atoms with Crippen LogP contribution in [-0.4, -0.2) is 58.7 Å². The first-order valence-electron chi connectivity index (χ1n) is 8.99. The van der Waals surface area contributed by atoms with E-state index in [-0.39, 0.29) is 17.9 Å². The fourth-order valence-corrected chi connectivity index (χ4v) is 3.29. The second-order valence-corrected chi connectivity index (χ2v) is 7.33. The molecule has 9 heteroatoms. The number of amides is 7. The van der Waals surface area contributed by atoms with Gasteiger partial charge in [0.25, 0.3) is 0 Å². The van der Waals surface area contributed by atoms with Crippen molar-refractivity contribution in [2.45, 2.75) is 52.5 Å². The second kappa shape index (κ2) is 8.29. The highest BCUT2D eigenvalue weighted by atomic mass is 16.2. The van der Waals surface area contributed by atoms with Crippen LogP contribution in [0.4, 0.5) is 9.59 Å². The Hall–Kier alpha value is -2.45. The van der Waals surface area contributed by atoms with E-state index in [0.717, 1.165) is 24.2 Å². The molecular weight excluding hydrogens is 340 g/mol. The summed E-state index contributed by atoms with van der Waals surface area (Å²) < 4.78 is 0. The Morgan fingerprint density at radius 2 is 1.77 bits per heavy atom. The molecule has 144 valence electrons. The van der Waals surface area contributed by atoms with Crippen molar-refractivity contribution in [3.05, 3.63) is 0 Å². The fraction of sp³-hybridized carbons (Fsp3) is 0.706. The molecule has 1 aliphatic carbocycles. The van der Waals surface area contributed by atoms with Gasteiger partial charge < -0.3 is 5.32 Å². The number of nitrogens with one attached hydrogen (secondary N) is 2. The molecule has 1 saturated carbocycles. The number of rotatable bonds is 5. The predicted octanol–water partition coefficient (Wildman–Crippen LogP) is 0.838. The van der Waals surface area contributed by atoms with E-state index in [9.17, 15) is 24.0 Å². The summed E-state index contributed by atoms with van der Waals surface area (Å²) in [6.45, 7) is 5.47. The monoisotopic (exact) mass is 366 g/mol. The number of hydrogen-bond acceptors (Lipinski definition) is 5. The van der Waals surface area contributed by atoms with Gasteiger partial charge in [-0.25, -0.2) is 14.5 Å². The Balaban J connectivity index is 1.98. The van der Waals surface area contributed by atoms with Crippen LogP contribution in [0.25, 0.3) is 0 Å². The zero-order valence-corrected chi connectivity index (χ0v) is 15.4. The molecule has 2 N–H and O–H groups in total. The van der Waals surface area contributed by atoms with Crippen LogP contribution in [0.3, 0.4) is 0 Å². The maximum atomic E-state index is 12.5. The van der Waals surface area contributed by atoms with Crippen molar-refractivity contribution in [1.82, 2.24) is 20.4 Å². The van der Waals surface area contributed by atoms with Crippen LogP contribution in [0.15, 0.2) is 0 Å². The fourth-order valence-electron chi connectivity index (χ4n) is 3.29. The molecule has 0 aromatic heterocycles. The molecule has 0 unspecified atom stereocenters. The molecule has 2 fully saturated rings. The van der Waals surface area contributed by atoms with Crippen molar-refractivity contribution in [3.63, 3.8) is 0 Å². The molecule has 1 aliphatic heterocycles. The number of nitrogens with zero attached hydrogens (tertiary/aromatic N) is 2. The third kappa shape index (κ3) is 4.39. The number of urea groups is 2. The molecular formula is C17H26N4O5. The Kier molecular flexibility index (Phi) is 6.33. The highest BCUT2D eigenvalue weighted by Gasteiger charge is 2.49. The first kappa shape index (κ1) is 19.9. The van der Waals surface area contributed by atoms with Crippen molar-refractivity contribution in [2.75, 3.05) is 13.1 Å². The summed E-state index contributed by atoms with van der Waals surface area (Å²) in [4.78, 5) is 62.1. The zero-order valence-electron chi connectivity index (χ0n) is 15.4. The maximum absolute atomic E-state index is 12.5. The molecule has 2 atom stereocenters. The largest absolute Gasteiger partial charge is 0.338 e. The number of carbonyl (C=O) groups excluding carboxylic acids is 5. The quantitative estimate of drug-likeness (QED) is 0.552. The van der Waals surface area contributed by atoms with Crippen LogP contribution in [0.2, 0.25) is 0 Å². The average molecular weight is 366 g/mol. The topological polar surface area (TPSA) is 116 Å². The molecule has 0 aromatic carbocycles. The first-order valence-corrected chi connectivity index (χ1v) is 8.99. The summed E-state index contributed by atoms with van der Waals surface area (Å²) in [5.41, 5.74) is 0. The molecule has 26 heavy (non-hydrogen) atoms. The van der Waals surface area contributed by atoms with Gasteiger partial charge in [0, 0.05) is 12.6 Å². The van der Waals surface area contributed by atoms with E-state index in [2.05, 4.69) is 10.6 Å². The molecule has 2 aliphatic rings. The second-order valence-electron chi connectivity index (χ2n) is 7.33. The van der Waals surface area contributed by atoms with E-state index in [0.29, 0.717) is 17.9 Å². The van der Waals surface area contributed by atoms with Gasteiger partial charge in [0.05, 0.1) is 0 Å². The van der Waals surface area contributed by atoms with Gasteiger partial charge in [-0.1, -0.05) is 33.6 Å². The van der Waals surface area contributed by atoms with Gasteiger partial charge in [0.1, 0.15) is 6.54 Å². The number of carbonyl (C=O) groups is 5. The molecule has 1 heterocycles. The number of hydrogen-bond donors (Lipinski definition) is 2. The van der Waals surface area contributed by atoms with Crippen LogP contribution in [0, 0.1) is 11.8 Å². The Bertz CT molecular complexity index is 618. The van der Waals surface area contributed by atoms with Crippen LogP contribution in [0.1, 0.15) is 46.5 Å². The van der Waals surface area contributed by atoms with E-state index in [4.69, 9.17) is 0 Å². The highest BCUT2D eigenvalue weighted by molar-refractivity contribution is 6.45. The lowest BCUT2D eigenvalue weighted by Crippen LogP contribution is -2.48. The van der Waals surface area contributed by atoms with Gasteiger partial charge in [-0.15, -0.1) is 0 Å². The third-order valence-electron chi connectivity index (χ3n) is 4.71. The Labute approximate surface area is 152 Å². The van der Waals surface area contributed by atoms with E-state index in [1.54, 1.807) is 0 Å². The molecule has 0 bridgehead atoms. The predicted molar refractivity (Wildman–Crippen MR) is 91.8 cm³/mol. The van der Waals surface area contributed by atoms with E-state index in [1.807, 2.05) is 20.8 Å². The smallest absolute Gasteiger partial charge is 0.334 e. The summed E-state index contributed by atoms with van der Waals surface area (Å²) in [5.74, 6) is -2.42. The molecule has 0 aromatic rings. The molecule has 1 saturated heterocycles. The van der Waals surface area contributed by atoms with Crippen LogP contribution in [-0.2, 0) is 14.4 Å². The summed E-state index contributed by atoms with van der Waals surface area (Å²) >= 11 is 0. The molecule has 7 amide bonds. The van der Waals surface area contributed by atoms with E-state index in [1.165, 1.54) is 0 Å². The van der Waals surface area contributed by atoms with Crippen molar-refractivity contribution in [3.8, 4) is 0 Å². The Morgan fingerprint density at radius 1 is 1.12 bits per heavy atom.